The number of para-hydroxylation sites is 3. The summed E-state index contributed by atoms with van der Waals surface area (Å²) in [6, 6.07) is 22.7. The molecule has 0 unspecified atom stereocenters. The Kier molecular flexibility index (Phi) is 6.70. The maximum Gasteiger partial charge on any atom is 0.266 e. The topological polar surface area (TPSA) is 91.6 Å². The average Bonchev–Trinajstić information content (AvgIpc) is 2.76. The van der Waals surface area contributed by atoms with Gasteiger partial charge in [-0.15, -0.1) is 0 Å². The van der Waals surface area contributed by atoms with Crippen LogP contribution in [-0.4, -0.2) is 17.6 Å². The standard InChI is InChI=1S/C24H20N2O4/c1-2-29-23-15-17(12-13-21(23)27)14-18(16-25)24(28)26-20-10-6-7-11-22(20)30-19-8-4-3-5-9-19/h3-15,27H,2H2,1H3,(H,26,28)/b18-14+. The van der Waals surface area contributed by atoms with E-state index in [4.69, 9.17) is 9.47 Å². The lowest BCUT2D eigenvalue weighted by Crippen LogP contribution is -2.14. The minimum absolute atomic E-state index is 0.0102. The summed E-state index contributed by atoms with van der Waals surface area (Å²) in [7, 11) is 0. The third-order valence-corrected chi connectivity index (χ3v) is 4.07. The summed E-state index contributed by atoms with van der Waals surface area (Å²) < 4.78 is 11.2. The van der Waals surface area contributed by atoms with Crippen LogP contribution in [0, 0.1) is 11.3 Å². The highest BCUT2D eigenvalue weighted by Gasteiger charge is 2.13. The number of anilines is 1. The summed E-state index contributed by atoms with van der Waals surface area (Å²) in [5.74, 6) is 0.780. The number of phenols is 1. The Bertz CT molecular complexity index is 1100. The third kappa shape index (κ3) is 5.18. The lowest BCUT2D eigenvalue weighted by atomic mass is 10.1. The van der Waals surface area contributed by atoms with Crippen LogP contribution in [0.15, 0.2) is 78.4 Å². The van der Waals surface area contributed by atoms with Gasteiger partial charge in [-0.3, -0.25) is 4.79 Å². The second-order valence-corrected chi connectivity index (χ2v) is 6.20. The molecule has 0 bridgehead atoms. The molecular weight excluding hydrogens is 380 g/mol. The Labute approximate surface area is 174 Å². The minimum Gasteiger partial charge on any atom is -0.504 e. The van der Waals surface area contributed by atoms with Crippen molar-refractivity contribution < 1.29 is 19.4 Å². The molecule has 0 aliphatic carbocycles. The predicted molar refractivity (Wildman–Crippen MR) is 114 cm³/mol. The van der Waals surface area contributed by atoms with E-state index >= 15 is 0 Å². The van der Waals surface area contributed by atoms with E-state index in [0.717, 1.165) is 0 Å². The number of hydrogen-bond acceptors (Lipinski definition) is 5. The molecule has 0 aromatic heterocycles. The Morgan fingerprint density at radius 1 is 1.07 bits per heavy atom. The molecule has 0 aliphatic rings. The van der Waals surface area contributed by atoms with Gasteiger partial charge < -0.3 is 19.9 Å². The van der Waals surface area contributed by atoms with Crippen LogP contribution in [-0.2, 0) is 4.79 Å². The quantitative estimate of drug-likeness (QED) is 0.424. The van der Waals surface area contributed by atoms with E-state index < -0.39 is 5.91 Å². The Balaban J connectivity index is 1.82. The van der Waals surface area contributed by atoms with Crippen molar-refractivity contribution in [2.45, 2.75) is 6.92 Å². The Hall–Kier alpha value is -4.24. The smallest absolute Gasteiger partial charge is 0.266 e. The molecule has 0 saturated heterocycles. The van der Waals surface area contributed by atoms with Gasteiger partial charge in [0.15, 0.2) is 17.2 Å². The molecule has 0 spiro atoms. The van der Waals surface area contributed by atoms with Crippen LogP contribution < -0.4 is 14.8 Å². The fourth-order valence-corrected chi connectivity index (χ4v) is 2.67. The summed E-state index contributed by atoms with van der Waals surface area (Å²) in [6.07, 6.45) is 1.43. The SMILES string of the molecule is CCOc1cc(/C=C(\C#N)C(=O)Nc2ccccc2Oc2ccccc2)ccc1O. The van der Waals surface area contributed by atoms with Gasteiger partial charge in [0.1, 0.15) is 17.4 Å². The maximum atomic E-state index is 12.7. The summed E-state index contributed by atoms with van der Waals surface area (Å²) in [6.45, 7) is 2.18. The summed E-state index contributed by atoms with van der Waals surface area (Å²) in [5, 5.41) is 22.0. The van der Waals surface area contributed by atoms with Crippen LogP contribution in [0.3, 0.4) is 0 Å². The lowest BCUT2D eigenvalue weighted by molar-refractivity contribution is -0.112. The van der Waals surface area contributed by atoms with Crippen LogP contribution in [0.1, 0.15) is 12.5 Å². The molecule has 6 nitrogen and oxygen atoms in total. The van der Waals surface area contributed by atoms with Crippen molar-refractivity contribution in [3.8, 4) is 29.1 Å². The molecule has 1 amide bonds. The zero-order valence-electron chi connectivity index (χ0n) is 16.3. The molecule has 3 aromatic carbocycles. The van der Waals surface area contributed by atoms with Crippen LogP contribution in [0.4, 0.5) is 5.69 Å². The highest BCUT2D eigenvalue weighted by molar-refractivity contribution is 6.10. The van der Waals surface area contributed by atoms with Gasteiger partial charge in [0.25, 0.3) is 5.91 Å². The van der Waals surface area contributed by atoms with Crippen LogP contribution >= 0.6 is 0 Å². The van der Waals surface area contributed by atoms with Gasteiger partial charge in [0.05, 0.1) is 12.3 Å². The van der Waals surface area contributed by atoms with Gasteiger partial charge in [-0.25, -0.2) is 0 Å². The number of hydrogen-bond donors (Lipinski definition) is 2. The number of rotatable bonds is 7. The molecule has 0 fully saturated rings. The summed E-state index contributed by atoms with van der Waals surface area (Å²) in [5.41, 5.74) is 0.891. The number of aromatic hydroxyl groups is 1. The van der Waals surface area contributed by atoms with E-state index in [-0.39, 0.29) is 17.1 Å². The van der Waals surface area contributed by atoms with Gasteiger partial charge in [-0.1, -0.05) is 36.4 Å². The highest BCUT2D eigenvalue weighted by Crippen LogP contribution is 2.30. The number of nitrogens with zero attached hydrogens (tertiary/aromatic N) is 1. The first-order valence-electron chi connectivity index (χ1n) is 9.31. The van der Waals surface area contributed by atoms with Crippen molar-refractivity contribution >= 4 is 17.7 Å². The van der Waals surface area contributed by atoms with Crippen molar-refractivity contribution in [3.05, 3.63) is 83.9 Å². The summed E-state index contributed by atoms with van der Waals surface area (Å²) in [4.78, 5) is 12.7. The molecule has 3 rings (SSSR count). The van der Waals surface area contributed by atoms with Gasteiger partial charge in [-0.05, 0) is 55.0 Å². The zero-order chi connectivity index (χ0) is 21.3. The van der Waals surface area contributed by atoms with Crippen molar-refractivity contribution in [2.24, 2.45) is 0 Å². The maximum absolute atomic E-state index is 12.7. The fraction of sp³-hybridized carbons (Fsp3) is 0.0833. The number of phenolic OH excluding ortho intramolecular Hbond substituents is 1. The molecule has 30 heavy (non-hydrogen) atoms. The van der Waals surface area contributed by atoms with E-state index in [1.54, 1.807) is 55.5 Å². The molecular formula is C24H20N2O4. The molecule has 6 heteroatoms. The van der Waals surface area contributed by atoms with E-state index in [0.29, 0.717) is 29.4 Å². The minimum atomic E-state index is -0.576. The fourth-order valence-electron chi connectivity index (χ4n) is 2.67. The molecule has 0 heterocycles. The van der Waals surface area contributed by atoms with Gasteiger partial charge in [0.2, 0.25) is 0 Å². The van der Waals surface area contributed by atoms with Crippen LogP contribution in [0.2, 0.25) is 0 Å². The molecule has 150 valence electrons. The molecule has 0 aliphatic heterocycles. The third-order valence-electron chi connectivity index (χ3n) is 4.07. The number of benzene rings is 3. The largest absolute Gasteiger partial charge is 0.504 e. The molecule has 2 N–H and O–H groups in total. The number of amides is 1. The van der Waals surface area contributed by atoms with Crippen molar-refractivity contribution in [1.82, 2.24) is 0 Å². The molecule has 0 saturated carbocycles. The first-order valence-corrected chi connectivity index (χ1v) is 9.31. The van der Waals surface area contributed by atoms with Crippen LogP contribution in [0.5, 0.6) is 23.0 Å². The van der Waals surface area contributed by atoms with Crippen molar-refractivity contribution in [3.63, 3.8) is 0 Å². The van der Waals surface area contributed by atoms with Gasteiger partial charge >= 0.3 is 0 Å². The number of carbonyl (C=O) groups is 1. The second-order valence-electron chi connectivity index (χ2n) is 6.20. The van der Waals surface area contributed by atoms with Crippen molar-refractivity contribution in [1.29, 1.82) is 5.26 Å². The molecule has 3 aromatic rings. The Morgan fingerprint density at radius 2 is 1.80 bits per heavy atom. The average molecular weight is 400 g/mol. The van der Waals surface area contributed by atoms with Gasteiger partial charge in [0, 0.05) is 0 Å². The first-order chi connectivity index (χ1) is 14.6. The number of nitriles is 1. The number of carbonyl (C=O) groups excluding carboxylic acids is 1. The first kappa shape index (κ1) is 20.5. The molecule has 0 atom stereocenters. The second kappa shape index (κ2) is 9.80. The number of ether oxygens (including phenoxy) is 2. The van der Waals surface area contributed by atoms with Gasteiger partial charge in [-0.2, -0.15) is 5.26 Å². The summed E-state index contributed by atoms with van der Waals surface area (Å²) >= 11 is 0. The van der Waals surface area contributed by atoms with E-state index in [1.807, 2.05) is 24.3 Å². The Morgan fingerprint density at radius 3 is 2.53 bits per heavy atom. The lowest BCUT2D eigenvalue weighted by Gasteiger charge is -2.12. The zero-order valence-corrected chi connectivity index (χ0v) is 16.3. The highest BCUT2D eigenvalue weighted by atomic mass is 16.5. The predicted octanol–water partition coefficient (Wildman–Crippen LogP) is 5.13. The number of nitrogens with one attached hydrogen (secondary N) is 1. The van der Waals surface area contributed by atoms with E-state index in [2.05, 4.69) is 5.32 Å². The monoisotopic (exact) mass is 400 g/mol. The van der Waals surface area contributed by atoms with Crippen LogP contribution in [0.25, 0.3) is 6.08 Å². The normalized spacial score (nSPS) is 10.7. The van der Waals surface area contributed by atoms with E-state index in [1.165, 1.54) is 12.1 Å². The molecule has 0 radical (unpaired) electrons. The van der Waals surface area contributed by atoms with E-state index in [9.17, 15) is 15.2 Å². The van der Waals surface area contributed by atoms with Crippen molar-refractivity contribution in [2.75, 3.05) is 11.9 Å².